The quantitative estimate of drug-likeness (QED) is 0.367. The highest BCUT2D eigenvalue weighted by Crippen LogP contribution is 2.45. The number of unbranched alkanes of at least 4 members (excludes halogenated alkanes) is 2. The molecule has 1 aliphatic heterocycles. The van der Waals surface area contributed by atoms with Crippen LogP contribution in [0.2, 0.25) is 0 Å². The molecule has 0 radical (unpaired) electrons. The standard InChI is InChI=1S/C21H32O3/c1-5-6-7-10-16-12-18(22)17(19(23)13-16)14-20-21(4,24-20)11-8-9-15(2)3/h9,12-13,20,22-23H,5-8,10-11,14H2,1-4H3/t20-,21+/m1/s1. The van der Waals surface area contributed by atoms with Crippen LogP contribution in [0.4, 0.5) is 0 Å². The monoisotopic (exact) mass is 332 g/mol. The lowest BCUT2D eigenvalue weighted by atomic mass is 9.94. The molecule has 24 heavy (non-hydrogen) atoms. The molecule has 0 spiro atoms. The molecule has 2 rings (SSSR count). The van der Waals surface area contributed by atoms with Crippen molar-refractivity contribution in [1.82, 2.24) is 0 Å². The van der Waals surface area contributed by atoms with Crippen LogP contribution in [-0.2, 0) is 17.6 Å². The van der Waals surface area contributed by atoms with Crippen LogP contribution in [-0.4, -0.2) is 21.9 Å². The summed E-state index contributed by atoms with van der Waals surface area (Å²) in [4.78, 5) is 0. The molecule has 1 heterocycles. The number of epoxide rings is 1. The van der Waals surface area contributed by atoms with E-state index in [1.807, 2.05) is 0 Å². The average Bonchev–Trinajstić information content (AvgIpc) is 3.13. The number of allylic oxidation sites excluding steroid dienone is 2. The Balaban J connectivity index is 1.95. The molecule has 134 valence electrons. The second-order valence-corrected chi connectivity index (χ2v) is 7.51. The fourth-order valence-corrected chi connectivity index (χ4v) is 3.23. The topological polar surface area (TPSA) is 53.0 Å². The molecule has 0 aromatic heterocycles. The van der Waals surface area contributed by atoms with Crippen LogP contribution in [0, 0.1) is 0 Å². The molecule has 0 unspecified atom stereocenters. The normalized spacial score (nSPS) is 22.4. The lowest BCUT2D eigenvalue weighted by Gasteiger charge is -2.10. The van der Waals surface area contributed by atoms with Gasteiger partial charge in [0.25, 0.3) is 0 Å². The summed E-state index contributed by atoms with van der Waals surface area (Å²) in [6.07, 6.45) is 9.17. The summed E-state index contributed by atoms with van der Waals surface area (Å²) < 4.78 is 5.86. The maximum Gasteiger partial charge on any atom is 0.122 e. The minimum absolute atomic E-state index is 0.0748. The molecule has 0 bridgehead atoms. The molecular formula is C21H32O3. The zero-order chi connectivity index (χ0) is 17.7. The van der Waals surface area contributed by atoms with Crippen molar-refractivity contribution in [2.45, 2.75) is 84.3 Å². The summed E-state index contributed by atoms with van der Waals surface area (Å²) in [5, 5.41) is 20.6. The van der Waals surface area contributed by atoms with Gasteiger partial charge in [-0.3, -0.25) is 0 Å². The fraction of sp³-hybridized carbons (Fsp3) is 0.619. The van der Waals surface area contributed by atoms with Gasteiger partial charge in [0.1, 0.15) is 11.5 Å². The van der Waals surface area contributed by atoms with Crippen LogP contribution in [0.15, 0.2) is 23.8 Å². The smallest absolute Gasteiger partial charge is 0.122 e. The molecule has 3 nitrogen and oxygen atoms in total. The summed E-state index contributed by atoms with van der Waals surface area (Å²) in [5.41, 5.74) is 2.81. The van der Waals surface area contributed by atoms with Crippen molar-refractivity contribution < 1.29 is 14.9 Å². The van der Waals surface area contributed by atoms with E-state index in [9.17, 15) is 10.2 Å². The predicted octanol–water partition coefficient (Wildman–Crippen LogP) is 5.28. The molecular weight excluding hydrogens is 300 g/mol. The van der Waals surface area contributed by atoms with Gasteiger partial charge in [0, 0.05) is 12.0 Å². The molecule has 3 heteroatoms. The van der Waals surface area contributed by atoms with E-state index in [0.717, 1.165) is 31.2 Å². The van der Waals surface area contributed by atoms with Crippen molar-refractivity contribution in [1.29, 1.82) is 0 Å². The Morgan fingerprint density at radius 3 is 2.46 bits per heavy atom. The SMILES string of the molecule is CCCCCc1cc(O)c(C[C@H]2O[C@@]2(C)CCC=C(C)C)c(O)c1. The maximum atomic E-state index is 10.3. The molecule has 1 aliphatic rings. The highest BCUT2D eigenvalue weighted by atomic mass is 16.6. The Morgan fingerprint density at radius 1 is 1.21 bits per heavy atom. The van der Waals surface area contributed by atoms with Crippen molar-refractivity contribution in [3.05, 3.63) is 34.9 Å². The Bertz CT molecular complexity index is 564. The lowest BCUT2D eigenvalue weighted by molar-refractivity contribution is 0.296. The Morgan fingerprint density at radius 2 is 1.88 bits per heavy atom. The summed E-state index contributed by atoms with van der Waals surface area (Å²) in [7, 11) is 0. The van der Waals surface area contributed by atoms with Crippen LogP contribution in [0.1, 0.15) is 70.9 Å². The van der Waals surface area contributed by atoms with E-state index in [1.54, 1.807) is 12.1 Å². The molecule has 1 saturated heterocycles. The number of hydrogen-bond acceptors (Lipinski definition) is 3. The first-order valence-corrected chi connectivity index (χ1v) is 9.20. The van der Waals surface area contributed by atoms with Gasteiger partial charge >= 0.3 is 0 Å². The largest absolute Gasteiger partial charge is 0.508 e. The first kappa shape index (κ1) is 18.9. The number of phenols is 2. The second kappa shape index (κ2) is 8.06. The minimum atomic E-state index is -0.134. The minimum Gasteiger partial charge on any atom is -0.508 e. The molecule has 0 saturated carbocycles. The summed E-state index contributed by atoms with van der Waals surface area (Å²) in [6.45, 7) is 8.49. The number of benzene rings is 1. The lowest BCUT2D eigenvalue weighted by Crippen LogP contribution is -2.11. The van der Waals surface area contributed by atoms with Crippen LogP contribution in [0.3, 0.4) is 0 Å². The highest BCUT2D eigenvalue weighted by molar-refractivity contribution is 5.47. The Hall–Kier alpha value is -1.48. The predicted molar refractivity (Wildman–Crippen MR) is 98.6 cm³/mol. The van der Waals surface area contributed by atoms with Gasteiger partial charge in [-0.15, -0.1) is 0 Å². The number of aryl methyl sites for hydroxylation is 1. The number of phenolic OH excluding ortho intramolecular Hbond substituents is 2. The van der Waals surface area contributed by atoms with Gasteiger partial charge in [-0.2, -0.15) is 0 Å². The number of hydrogen-bond donors (Lipinski definition) is 2. The number of aromatic hydroxyl groups is 2. The average molecular weight is 332 g/mol. The second-order valence-electron chi connectivity index (χ2n) is 7.51. The molecule has 1 fully saturated rings. The van der Waals surface area contributed by atoms with E-state index in [0.29, 0.717) is 12.0 Å². The van der Waals surface area contributed by atoms with Gasteiger partial charge in [0.15, 0.2) is 0 Å². The van der Waals surface area contributed by atoms with Gasteiger partial charge in [0.2, 0.25) is 0 Å². The summed E-state index contributed by atoms with van der Waals surface area (Å²) in [5.74, 6) is 0.396. The van der Waals surface area contributed by atoms with Crippen molar-refractivity contribution in [3.63, 3.8) is 0 Å². The molecule has 1 aromatic carbocycles. The molecule has 2 N–H and O–H groups in total. The third-order valence-corrected chi connectivity index (χ3v) is 4.95. The van der Waals surface area contributed by atoms with Crippen molar-refractivity contribution in [2.75, 3.05) is 0 Å². The first-order chi connectivity index (χ1) is 11.4. The van der Waals surface area contributed by atoms with E-state index < -0.39 is 0 Å². The molecule has 0 amide bonds. The summed E-state index contributed by atoms with van der Waals surface area (Å²) >= 11 is 0. The van der Waals surface area contributed by atoms with Crippen molar-refractivity contribution in [3.8, 4) is 11.5 Å². The van der Waals surface area contributed by atoms with E-state index >= 15 is 0 Å². The van der Waals surface area contributed by atoms with Gasteiger partial charge in [-0.1, -0.05) is 31.4 Å². The molecule has 2 atom stereocenters. The van der Waals surface area contributed by atoms with E-state index in [-0.39, 0.29) is 23.2 Å². The zero-order valence-electron chi connectivity index (χ0n) is 15.6. The van der Waals surface area contributed by atoms with Crippen LogP contribution < -0.4 is 0 Å². The Labute approximate surface area is 146 Å². The van der Waals surface area contributed by atoms with E-state index in [2.05, 4.69) is 33.8 Å². The van der Waals surface area contributed by atoms with Crippen LogP contribution in [0.5, 0.6) is 11.5 Å². The van der Waals surface area contributed by atoms with Gasteiger partial charge in [0.05, 0.1) is 11.7 Å². The van der Waals surface area contributed by atoms with Crippen LogP contribution >= 0.6 is 0 Å². The summed E-state index contributed by atoms with van der Waals surface area (Å²) in [6, 6.07) is 3.60. The first-order valence-electron chi connectivity index (χ1n) is 9.20. The zero-order valence-corrected chi connectivity index (χ0v) is 15.6. The molecule has 0 aliphatic carbocycles. The van der Waals surface area contributed by atoms with E-state index in [1.165, 1.54) is 18.4 Å². The maximum absolute atomic E-state index is 10.3. The Kier molecular flexibility index (Phi) is 6.34. The molecule has 1 aromatic rings. The fourth-order valence-electron chi connectivity index (χ4n) is 3.23. The van der Waals surface area contributed by atoms with Gasteiger partial charge in [-0.05, 0) is 64.2 Å². The third kappa shape index (κ3) is 5.01. The van der Waals surface area contributed by atoms with Crippen molar-refractivity contribution >= 4 is 0 Å². The van der Waals surface area contributed by atoms with Gasteiger partial charge in [-0.25, -0.2) is 0 Å². The van der Waals surface area contributed by atoms with Crippen LogP contribution in [0.25, 0.3) is 0 Å². The van der Waals surface area contributed by atoms with E-state index in [4.69, 9.17) is 4.74 Å². The number of ether oxygens (including phenoxy) is 1. The van der Waals surface area contributed by atoms with Gasteiger partial charge < -0.3 is 14.9 Å². The highest BCUT2D eigenvalue weighted by Gasteiger charge is 2.51. The third-order valence-electron chi connectivity index (χ3n) is 4.95. The number of rotatable bonds is 9. The van der Waals surface area contributed by atoms with Crippen molar-refractivity contribution in [2.24, 2.45) is 0 Å².